The maximum Gasteiger partial charge on any atom is 0.306 e. The van der Waals surface area contributed by atoms with Gasteiger partial charge in [0.15, 0.2) is 10.2 Å². The number of rotatable bonds is 39. The lowest BCUT2D eigenvalue weighted by atomic mass is 9.98. The first kappa shape index (κ1) is 53.5. The van der Waals surface area contributed by atoms with Gasteiger partial charge >= 0.3 is 5.97 Å². The third kappa shape index (κ3) is 39.7. The van der Waals surface area contributed by atoms with E-state index in [0.29, 0.717) is 16.7 Å². The molecule has 0 fully saturated rings. The molecule has 0 heterocycles. The maximum absolute atomic E-state index is 12.6. The molecular weight excluding hydrogens is 707 g/mol. The summed E-state index contributed by atoms with van der Waals surface area (Å²) in [4.78, 5) is 39.3. The molecule has 0 N–H and O–H groups in total. The van der Waals surface area contributed by atoms with Gasteiger partial charge in [-0.05, 0) is 102 Å². The maximum atomic E-state index is 12.6. The minimum Gasteiger partial charge on any atom is -0.462 e. The largest absolute Gasteiger partial charge is 0.462 e. The molecule has 0 aromatic rings. The van der Waals surface area contributed by atoms with Crippen LogP contribution in [0.25, 0.3) is 0 Å². The van der Waals surface area contributed by atoms with Gasteiger partial charge in [0.25, 0.3) is 0 Å². The van der Waals surface area contributed by atoms with Crippen LogP contribution in [0.5, 0.6) is 0 Å². The van der Waals surface area contributed by atoms with Crippen LogP contribution in [0.15, 0.2) is 0 Å². The molecule has 0 aliphatic carbocycles. The zero-order chi connectivity index (χ0) is 40.2. The fourth-order valence-corrected chi connectivity index (χ4v) is 9.10. The molecule has 0 spiro atoms. The van der Waals surface area contributed by atoms with E-state index in [0.717, 1.165) is 125 Å². The van der Waals surface area contributed by atoms with Crippen LogP contribution >= 0.6 is 23.5 Å². The third-order valence-electron chi connectivity index (χ3n) is 10.8. The Morgan fingerprint density at radius 3 is 1.22 bits per heavy atom. The lowest BCUT2D eigenvalue weighted by molar-refractivity contribution is -0.150. The highest BCUT2D eigenvalue weighted by Gasteiger charge is 2.15. The predicted molar refractivity (Wildman–Crippen MR) is 241 cm³/mol. The Labute approximate surface area is 345 Å². The van der Waals surface area contributed by atoms with Crippen molar-refractivity contribution in [2.75, 3.05) is 32.1 Å². The van der Waals surface area contributed by atoms with Gasteiger partial charge in [-0.1, -0.05) is 168 Å². The molecule has 2 atom stereocenters. The number of carbonyl (C=O) groups excluding carboxylic acids is 3. The Kier molecular flexibility index (Phi) is 37.6. The van der Waals surface area contributed by atoms with Crippen molar-refractivity contribution in [1.82, 2.24) is 4.90 Å². The summed E-state index contributed by atoms with van der Waals surface area (Å²) in [5.74, 6) is 4.97. The Balaban J connectivity index is 4.06. The standard InChI is InChI=1S/C47H91NO4S2/c1-40(2)26-23-28-42(5)35-38-53-46(50)33-21-17-13-9-11-15-19-30-44(52-45(49)32-25-37-48(7)8)31-20-16-12-10-14-18-22-34-47(51)54-39-36-43(6)29-24-27-41(3)4/h40-44H,9-39H2,1-8H3. The van der Waals surface area contributed by atoms with Crippen molar-refractivity contribution < 1.29 is 19.1 Å². The first-order valence-corrected chi connectivity index (χ1v) is 25.0. The van der Waals surface area contributed by atoms with Crippen LogP contribution in [-0.4, -0.2) is 59.3 Å². The molecule has 54 heavy (non-hydrogen) atoms. The van der Waals surface area contributed by atoms with Gasteiger partial charge in [0.1, 0.15) is 6.10 Å². The van der Waals surface area contributed by atoms with Crippen molar-refractivity contribution >= 4 is 39.7 Å². The second-order valence-corrected chi connectivity index (χ2v) is 20.2. The summed E-state index contributed by atoms with van der Waals surface area (Å²) in [5, 5.41) is 0.764. The van der Waals surface area contributed by atoms with E-state index in [1.165, 1.54) is 89.9 Å². The quantitative estimate of drug-likeness (QED) is 0.0453. The second-order valence-electron chi connectivity index (χ2n) is 17.9. The van der Waals surface area contributed by atoms with Crippen molar-refractivity contribution in [3.05, 3.63) is 0 Å². The molecule has 0 aliphatic heterocycles. The molecule has 0 aromatic carbocycles. The van der Waals surface area contributed by atoms with Crippen LogP contribution in [0.1, 0.15) is 221 Å². The lowest BCUT2D eigenvalue weighted by Gasteiger charge is -2.18. The van der Waals surface area contributed by atoms with Crippen LogP contribution in [-0.2, 0) is 19.1 Å². The summed E-state index contributed by atoms with van der Waals surface area (Å²) >= 11 is 3.12. The summed E-state index contributed by atoms with van der Waals surface area (Å²) in [6.07, 6.45) is 31.3. The molecule has 320 valence electrons. The van der Waals surface area contributed by atoms with E-state index in [1.54, 1.807) is 23.5 Å². The number of hydrogen-bond donors (Lipinski definition) is 0. The van der Waals surface area contributed by atoms with E-state index in [9.17, 15) is 14.4 Å². The predicted octanol–water partition coefficient (Wildman–Crippen LogP) is 14.5. The normalized spacial score (nSPS) is 13.5. The zero-order valence-electron chi connectivity index (χ0n) is 37.2. The zero-order valence-corrected chi connectivity index (χ0v) is 38.8. The minimum atomic E-state index is -0.0328. The second kappa shape index (κ2) is 38.0. The highest BCUT2D eigenvalue weighted by atomic mass is 32.2. The van der Waals surface area contributed by atoms with Gasteiger partial charge in [0.2, 0.25) is 0 Å². The van der Waals surface area contributed by atoms with Gasteiger partial charge < -0.3 is 9.64 Å². The number of ether oxygens (including phenoxy) is 1. The first-order valence-electron chi connectivity index (χ1n) is 23.0. The number of unbranched alkanes of at least 4 members (excludes halogenated alkanes) is 12. The Morgan fingerprint density at radius 1 is 0.444 bits per heavy atom. The van der Waals surface area contributed by atoms with Crippen molar-refractivity contribution in [2.24, 2.45) is 23.7 Å². The van der Waals surface area contributed by atoms with Gasteiger partial charge in [0, 0.05) is 30.8 Å². The number of esters is 1. The summed E-state index contributed by atoms with van der Waals surface area (Å²) in [5.41, 5.74) is 0. The highest BCUT2D eigenvalue weighted by molar-refractivity contribution is 8.13. The van der Waals surface area contributed by atoms with E-state index >= 15 is 0 Å². The van der Waals surface area contributed by atoms with Crippen LogP contribution in [0, 0.1) is 23.7 Å². The molecule has 0 amide bonds. The van der Waals surface area contributed by atoms with E-state index in [4.69, 9.17) is 4.74 Å². The molecule has 0 radical (unpaired) electrons. The topological polar surface area (TPSA) is 63.7 Å². The number of thioether (sulfide) groups is 2. The monoisotopic (exact) mass is 798 g/mol. The number of hydrogen-bond acceptors (Lipinski definition) is 7. The molecule has 0 rings (SSSR count). The van der Waals surface area contributed by atoms with Crippen LogP contribution in [0.3, 0.4) is 0 Å². The molecule has 5 nitrogen and oxygen atoms in total. The summed E-state index contributed by atoms with van der Waals surface area (Å²) in [6.45, 7) is 14.8. The average Bonchev–Trinajstić information content (AvgIpc) is 3.09. The molecule has 2 unspecified atom stereocenters. The van der Waals surface area contributed by atoms with Gasteiger partial charge in [-0.3, -0.25) is 14.4 Å². The first-order chi connectivity index (χ1) is 25.9. The van der Waals surface area contributed by atoms with Gasteiger partial charge in [-0.2, -0.15) is 0 Å². The van der Waals surface area contributed by atoms with E-state index in [2.05, 4.69) is 46.4 Å². The SMILES string of the molecule is CC(C)CCCC(C)CCSC(=O)CCCCCCCCCC(CCCCCCCCCC(=O)SCCC(C)CCCC(C)C)OC(=O)CCCN(C)C. The van der Waals surface area contributed by atoms with Crippen molar-refractivity contribution in [1.29, 1.82) is 0 Å². The lowest BCUT2D eigenvalue weighted by Crippen LogP contribution is -2.20. The summed E-state index contributed by atoms with van der Waals surface area (Å²) < 4.78 is 6.00. The van der Waals surface area contributed by atoms with E-state index < -0.39 is 0 Å². The molecule has 7 heteroatoms. The van der Waals surface area contributed by atoms with Crippen molar-refractivity contribution in [2.45, 2.75) is 227 Å². The minimum absolute atomic E-state index is 0.0328. The van der Waals surface area contributed by atoms with Crippen LogP contribution in [0.4, 0.5) is 0 Å². The highest BCUT2D eigenvalue weighted by Crippen LogP contribution is 2.22. The van der Waals surface area contributed by atoms with Crippen molar-refractivity contribution in [3.8, 4) is 0 Å². The van der Waals surface area contributed by atoms with Crippen LogP contribution < -0.4 is 0 Å². The molecule has 0 bridgehead atoms. The molecule has 0 saturated carbocycles. The Bertz CT molecular complexity index is 824. The van der Waals surface area contributed by atoms with Crippen LogP contribution in [0.2, 0.25) is 0 Å². The summed E-state index contributed by atoms with van der Waals surface area (Å²) in [7, 11) is 4.09. The summed E-state index contributed by atoms with van der Waals surface area (Å²) in [6, 6.07) is 0. The Hall–Kier alpha value is -0.530. The van der Waals surface area contributed by atoms with Gasteiger partial charge in [-0.15, -0.1) is 0 Å². The average molecular weight is 798 g/mol. The smallest absolute Gasteiger partial charge is 0.306 e. The van der Waals surface area contributed by atoms with E-state index in [1.807, 2.05) is 14.1 Å². The van der Waals surface area contributed by atoms with Gasteiger partial charge in [0.05, 0.1) is 0 Å². The number of carbonyl (C=O) groups is 3. The fraction of sp³-hybridized carbons (Fsp3) is 0.936. The van der Waals surface area contributed by atoms with Gasteiger partial charge in [-0.25, -0.2) is 0 Å². The van der Waals surface area contributed by atoms with E-state index in [-0.39, 0.29) is 12.1 Å². The fourth-order valence-electron chi connectivity index (χ4n) is 7.03. The molecule has 0 aliphatic rings. The molecule has 0 saturated heterocycles. The van der Waals surface area contributed by atoms with Crippen molar-refractivity contribution in [3.63, 3.8) is 0 Å². The molecular formula is C47H91NO4S2. The Morgan fingerprint density at radius 2 is 0.833 bits per heavy atom. The molecule has 0 aromatic heterocycles. The third-order valence-corrected chi connectivity index (χ3v) is 12.7. The number of nitrogens with zero attached hydrogens (tertiary/aromatic N) is 1.